The number of carbonyl (C=O) groups excluding carboxylic acids is 1. The topological polar surface area (TPSA) is 75.6 Å². The SMILES string of the molecule is Cc1cc(CN(C)C(=O)c2csc3c2CCN(Cc2c(C)noc2C)C3)on1. The normalized spacial score (nSPS) is 14.3. The number of hydrogen-bond donors (Lipinski definition) is 0. The molecule has 8 heteroatoms. The predicted octanol–water partition coefficient (Wildman–Crippen LogP) is 3.48. The molecule has 0 spiro atoms. The molecule has 148 valence electrons. The molecule has 0 aromatic carbocycles. The molecular weight excluding hydrogens is 376 g/mol. The fourth-order valence-corrected chi connectivity index (χ4v) is 4.76. The van der Waals surface area contributed by atoms with Crippen molar-refractivity contribution >= 4 is 17.2 Å². The lowest BCUT2D eigenvalue weighted by Gasteiger charge is -2.27. The summed E-state index contributed by atoms with van der Waals surface area (Å²) in [6.07, 6.45) is 0.874. The van der Waals surface area contributed by atoms with Gasteiger partial charge in [-0.25, -0.2) is 0 Å². The van der Waals surface area contributed by atoms with Gasteiger partial charge in [-0.15, -0.1) is 11.3 Å². The van der Waals surface area contributed by atoms with Gasteiger partial charge in [0.05, 0.1) is 23.5 Å². The van der Waals surface area contributed by atoms with Gasteiger partial charge in [-0.2, -0.15) is 0 Å². The van der Waals surface area contributed by atoms with Gasteiger partial charge in [0.25, 0.3) is 5.91 Å². The van der Waals surface area contributed by atoms with E-state index in [0.717, 1.165) is 48.8 Å². The smallest absolute Gasteiger partial charge is 0.255 e. The predicted molar refractivity (Wildman–Crippen MR) is 105 cm³/mol. The third-order valence-electron chi connectivity index (χ3n) is 5.24. The summed E-state index contributed by atoms with van der Waals surface area (Å²) in [4.78, 5) is 18.3. The Morgan fingerprint density at radius 3 is 2.79 bits per heavy atom. The number of carbonyl (C=O) groups is 1. The molecule has 28 heavy (non-hydrogen) atoms. The van der Waals surface area contributed by atoms with E-state index in [4.69, 9.17) is 9.05 Å². The minimum atomic E-state index is 0.0331. The Kier molecular flexibility index (Phi) is 5.07. The highest BCUT2D eigenvalue weighted by Crippen LogP contribution is 2.31. The number of aryl methyl sites for hydroxylation is 3. The van der Waals surface area contributed by atoms with Crippen LogP contribution >= 0.6 is 11.3 Å². The average Bonchev–Trinajstić information content (AvgIpc) is 3.36. The number of aromatic nitrogens is 2. The molecule has 3 aromatic rings. The first kappa shape index (κ1) is 18.9. The lowest BCUT2D eigenvalue weighted by molar-refractivity contribution is 0.0771. The van der Waals surface area contributed by atoms with E-state index in [1.807, 2.05) is 32.2 Å². The zero-order chi connectivity index (χ0) is 19.8. The van der Waals surface area contributed by atoms with Gasteiger partial charge < -0.3 is 13.9 Å². The van der Waals surface area contributed by atoms with Crippen LogP contribution < -0.4 is 0 Å². The highest BCUT2D eigenvalue weighted by molar-refractivity contribution is 7.10. The van der Waals surface area contributed by atoms with Crippen LogP contribution in [0, 0.1) is 20.8 Å². The second-order valence-corrected chi connectivity index (χ2v) is 8.37. The van der Waals surface area contributed by atoms with Crippen LogP contribution in [-0.4, -0.2) is 39.6 Å². The van der Waals surface area contributed by atoms with Crippen molar-refractivity contribution in [1.82, 2.24) is 20.1 Å². The minimum absolute atomic E-state index is 0.0331. The van der Waals surface area contributed by atoms with E-state index in [0.29, 0.717) is 12.3 Å². The number of rotatable bonds is 5. The Bertz CT molecular complexity index is 984. The van der Waals surface area contributed by atoms with Crippen molar-refractivity contribution in [3.8, 4) is 0 Å². The van der Waals surface area contributed by atoms with Gasteiger partial charge in [-0.1, -0.05) is 10.3 Å². The number of amides is 1. The van der Waals surface area contributed by atoms with Crippen molar-refractivity contribution < 1.29 is 13.8 Å². The lowest BCUT2D eigenvalue weighted by Crippen LogP contribution is -2.31. The highest BCUT2D eigenvalue weighted by atomic mass is 32.1. The molecule has 0 fully saturated rings. The summed E-state index contributed by atoms with van der Waals surface area (Å²) in [5, 5.41) is 9.93. The van der Waals surface area contributed by atoms with E-state index in [1.54, 1.807) is 23.3 Å². The Balaban J connectivity index is 1.45. The van der Waals surface area contributed by atoms with E-state index in [-0.39, 0.29) is 5.91 Å². The molecule has 0 saturated carbocycles. The molecule has 7 nitrogen and oxygen atoms in total. The Morgan fingerprint density at radius 1 is 1.29 bits per heavy atom. The van der Waals surface area contributed by atoms with Gasteiger partial charge in [0, 0.05) is 48.6 Å². The largest absolute Gasteiger partial charge is 0.361 e. The molecule has 4 heterocycles. The Labute approximate surface area is 167 Å². The molecule has 0 bridgehead atoms. The number of fused-ring (bicyclic) bond motifs is 1. The molecule has 4 rings (SSSR count). The first-order valence-electron chi connectivity index (χ1n) is 9.33. The summed E-state index contributed by atoms with van der Waals surface area (Å²) >= 11 is 1.67. The first-order valence-corrected chi connectivity index (χ1v) is 10.2. The van der Waals surface area contributed by atoms with Gasteiger partial charge in [0.1, 0.15) is 5.76 Å². The van der Waals surface area contributed by atoms with Crippen LogP contribution in [0.3, 0.4) is 0 Å². The van der Waals surface area contributed by atoms with Crippen LogP contribution in [0.2, 0.25) is 0 Å². The van der Waals surface area contributed by atoms with Gasteiger partial charge in [0.2, 0.25) is 0 Å². The summed E-state index contributed by atoms with van der Waals surface area (Å²) in [5.74, 6) is 1.61. The summed E-state index contributed by atoms with van der Waals surface area (Å²) < 4.78 is 10.5. The van der Waals surface area contributed by atoms with E-state index in [1.165, 1.54) is 16.0 Å². The van der Waals surface area contributed by atoms with Crippen molar-refractivity contribution in [1.29, 1.82) is 0 Å². The van der Waals surface area contributed by atoms with Crippen molar-refractivity contribution in [2.75, 3.05) is 13.6 Å². The van der Waals surface area contributed by atoms with E-state index >= 15 is 0 Å². The molecule has 1 aliphatic rings. The Morgan fingerprint density at radius 2 is 2.11 bits per heavy atom. The minimum Gasteiger partial charge on any atom is -0.361 e. The maximum Gasteiger partial charge on any atom is 0.255 e. The monoisotopic (exact) mass is 400 g/mol. The maximum absolute atomic E-state index is 13.0. The molecule has 0 radical (unpaired) electrons. The van der Waals surface area contributed by atoms with Crippen LogP contribution in [0.25, 0.3) is 0 Å². The molecule has 3 aromatic heterocycles. The van der Waals surface area contributed by atoms with E-state index in [9.17, 15) is 4.79 Å². The zero-order valence-corrected chi connectivity index (χ0v) is 17.4. The van der Waals surface area contributed by atoms with Crippen molar-refractivity contribution in [2.45, 2.75) is 46.8 Å². The first-order chi connectivity index (χ1) is 13.4. The zero-order valence-electron chi connectivity index (χ0n) is 16.6. The third-order valence-corrected chi connectivity index (χ3v) is 6.25. The van der Waals surface area contributed by atoms with Crippen molar-refractivity contribution in [2.24, 2.45) is 0 Å². The molecule has 0 aliphatic carbocycles. The lowest BCUT2D eigenvalue weighted by atomic mass is 10.0. The molecule has 1 amide bonds. The van der Waals surface area contributed by atoms with E-state index in [2.05, 4.69) is 15.2 Å². The number of nitrogens with zero attached hydrogens (tertiary/aromatic N) is 4. The van der Waals surface area contributed by atoms with Crippen LogP contribution in [0.4, 0.5) is 0 Å². The van der Waals surface area contributed by atoms with Gasteiger partial charge in [-0.05, 0) is 32.8 Å². The van der Waals surface area contributed by atoms with Crippen molar-refractivity contribution in [3.05, 3.63) is 55.9 Å². The Hall–Kier alpha value is -2.45. The second kappa shape index (κ2) is 7.52. The van der Waals surface area contributed by atoms with Crippen LogP contribution in [0.15, 0.2) is 20.5 Å². The van der Waals surface area contributed by atoms with E-state index < -0.39 is 0 Å². The van der Waals surface area contributed by atoms with Crippen LogP contribution in [0.1, 0.15) is 49.3 Å². The number of hydrogen-bond acceptors (Lipinski definition) is 7. The van der Waals surface area contributed by atoms with Crippen LogP contribution in [0.5, 0.6) is 0 Å². The molecule has 0 N–H and O–H groups in total. The average molecular weight is 401 g/mol. The fourth-order valence-electron chi connectivity index (χ4n) is 3.65. The quantitative estimate of drug-likeness (QED) is 0.653. The summed E-state index contributed by atoms with van der Waals surface area (Å²) in [6.45, 7) is 8.82. The molecule has 0 atom stereocenters. The summed E-state index contributed by atoms with van der Waals surface area (Å²) in [6, 6.07) is 1.86. The van der Waals surface area contributed by atoms with Gasteiger partial charge >= 0.3 is 0 Å². The molecule has 0 unspecified atom stereocenters. The molecule has 1 aliphatic heterocycles. The summed E-state index contributed by atoms with van der Waals surface area (Å²) in [5.41, 5.74) is 4.94. The summed E-state index contributed by atoms with van der Waals surface area (Å²) in [7, 11) is 1.80. The van der Waals surface area contributed by atoms with Gasteiger partial charge in [0.15, 0.2) is 5.76 Å². The van der Waals surface area contributed by atoms with Crippen molar-refractivity contribution in [3.63, 3.8) is 0 Å². The second-order valence-electron chi connectivity index (χ2n) is 7.41. The van der Waals surface area contributed by atoms with Gasteiger partial charge in [-0.3, -0.25) is 9.69 Å². The maximum atomic E-state index is 13.0. The standard InChI is InChI=1S/C20H24N4O3S/c1-12-7-15(27-21-12)8-23(4)20(25)18-11-28-19-10-24(6-5-16(18)19)9-17-13(2)22-26-14(17)3/h7,11H,5-6,8-10H2,1-4H3. The highest BCUT2D eigenvalue weighted by Gasteiger charge is 2.26. The molecule has 0 saturated heterocycles. The van der Waals surface area contributed by atoms with Crippen LogP contribution in [-0.2, 0) is 26.1 Å². The fraction of sp³-hybridized carbons (Fsp3) is 0.450. The third kappa shape index (κ3) is 3.62. The number of thiophene rings is 1. The molecular formula is C20H24N4O3S.